The van der Waals surface area contributed by atoms with Crippen molar-refractivity contribution in [3.8, 4) is 5.75 Å². The van der Waals surface area contributed by atoms with E-state index in [9.17, 15) is 0 Å². The fourth-order valence-corrected chi connectivity index (χ4v) is 2.29. The largest absolute Gasteiger partial charge is 0.496 e. The van der Waals surface area contributed by atoms with E-state index in [0.717, 1.165) is 12.3 Å². The summed E-state index contributed by atoms with van der Waals surface area (Å²) in [7, 11) is 3.75. The van der Waals surface area contributed by atoms with Crippen LogP contribution in [-0.4, -0.2) is 14.2 Å². The van der Waals surface area contributed by atoms with E-state index in [-0.39, 0.29) is 0 Å². The second-order valence-corrected chi connectivity index (χ2v) is 3.77. The topological polar surface area (TPSA) is 21.3 Å². The molecular formula is C12H17NO. The highest BCUT2D eigenvalue weighted by atomic mass is 16.5. The molecule has 0 aliphatic heterocycles. The SMILES string of the molecule is CNCc1ccc(OC)c2c1CCC2. The Bertz CT molecular complexity index is 333. The molecule has 0 radical (unpaired) electrons. The molecule has 76 valence electrons. The smallest absolute Gasteiger partial charge is 0.122 e. The van der Waals surface area contributed by atoms with Gasteiger partial charge >= 0.3 is 0 Å². The van der Waals surface area contributed by atoms with E-state index in [1.165, 1.54) is 36.0 Å². The minimum atomic E-state index is 0.965. The standard InChI is InChI=1S/C12H17NO/c1-13-8-9-6-7-12(14-2)11-5-3-4-10(9)11/h6-7,13H,3-5,8H2,1-2H3. The van der Waals surface area contributed by atoms with E-state index in [1.54, 1.807) is 7.11 Å². The van der Waals surface area contributed by atoms with Gasteiger partial charge in [0.1, 0.15) is 5.75 Å². The van der Waals surface area contributed by atoms with Gasteiger partial charge in [0.15, 0.2) is 0 Å². The average molecular weight is 191 g/mol. The van der Waals surface area contributed by atoms with Gasteiger partial charge in [-0.1, -0.05) is 6.07 Å². The maximum atomic E-state index is 5.37. The van der Waals surface area contributed by atoms with Gasteiger partial charge in [-0.05, 0) is 49.1 Å². The van der Waals surface area contributed by atoms with Crippen LogP contribution >= 0.6 is 0 Å². The third-order valence-electron chi connectivity index (χ3n) is 2.93. The van der Waals surface area contributed by atoms with Crippen molar-refractivity contribution in [2.24, 2.45) is 0 Å². The number of rotatable bonds is 3. The Labute approximate surface area is 85.3 Å². The Morgan fingerprint density at radius 1 is 1.29 bits per heavy atom. The summed E-state index contributed by atoms with van der Waals surface area (Å²) in [5, 5.41) is 3.21. The molecule has 0 heterocycles. The van der Waals surface area contributed by atoms with Crippen molar-refractivity contribution >= 4 is 0 Å². The van der Waals surface area contributed by atoms with Crippen LogP contribution in [0.1, 0.15) is 23.1 Å². The van der Waals surface area contributed by atoms with E-state index in [4.69, 9.17) is 4.74 Å². The fraction of sp³-hybridized carbons (Fsp3) is 0.500. The van der Waals surface area contributed by atoms with Crippen LogP contribution in [0.15, 0.2) is 12.1 Å². The number of hydrogen-bond donors (Lipinski definition) is 1. The Morgan fingerprint density at radius 3 is 2.79 bits per heavy atom. The lowest BCUT2D eigenvalue weighted by molar-refractivity contribution is 0.410. The Kier molecular flexibility index (Phi) is 2.73. The second-order valence-electron chi connectivity index (χ2n) is 3.77. The monoisotopic (exact) mass is 191 g/mol. The van der Waals surface area contributed by atoms with Gasteiger partial charge in [-0.2, -0.15) is 0 Å². The average Bonchev–Trinajstić information content (AvgIpc) is 2.67. The summed E-state index contributed by atoms with van der Waals surface area (Å²) >= 11 is 0. The van der Waals surface area contributed by atoms with E-state index in [2.05, 4.69) is 17.4 Å². The second kappa shape index (κ2) is 4.01. The summed E-state index contributed by atoms with van der Waals surface area (Å²) in [6, 6.07) is 4.27. The van der Waals surface area contributed by atoms with Crippen molar-refractivity contribution in [3.05, 3.63) is 28.8 Å². The highest BCUT2D eigenvalue weighted by molar-refractivity contribution is 5.47. The minimum absolute atomic E-state index is 0.965. The number of fused-ring (bicyclic) bond motifs is 1. The van der Waals surface area contributed by atoms with Crippen molar-refractivity contribution in [2.45, 2.75) is 25.8 Å². The van der Waals surface area contributed by atoms with Gasteiger partial charge in [0.2, 0.25) is 0 Å². The summed E-state index contributed by atoms with van der Waals surface area (Å²) < 4.78 is 5.37. The number of methoxy groups -OCH3 is 1. The third-order valence-corrected chi connectivity index (χ3v) is 2.93. The summed E-state index contributed by atoms with van der Waals surface area (Å²) in [5.74, 6) is 1.07. The van der Waals surface area contributed by atoms with Crippen molar-refractivity contribution in [1.82, 2.24) is 5.32 Å². The lowest BCUT2D eigenvalue weighted by Gasteiger charge is -2.11. The third kappa shape index (κ3) is 1.50. The molecule has 14 heavy (non-hydrogen) atoms. The molecule has 1 aromatic carbocycles. The predicted octanol–water partition coefficient (Wildman–Crippen LogP) is 1.90. The number of nitrogens with one attached hydrogen (secondary N) is 1. The summed E-state index contributed by atoms with van der Waals surface area (Å²) in [4.78, 5) is 0. The molecule has 0 saturated heterocycles. The lowest BCUT2D eigenvalue weighted by atomic mass is 10.0. The zero-order valence-corrected chi connectivity index (χ0v) is 8.89. The summed E-state index contributed by atoms with van der Waals surface area (Å²) in [5.41, 5.74) is 4.37. The van der Waals surface area contributed by atoms with Crippen LogP contribution in [0.5, 0.6) is 5.75 Å². The van der Waals surface area contributed by atoms with Gasteiger partial charge in [0.05, 0.1) is 7.11 Å². The van der Waals surface area contributed by atoms with E-state index in [0.29, 0.717) is 0 Å². The highest BCUT2D eigenvalue weighted by Gasteiger charge is 2.18. The van der Waals surface area contributed by atoms with Gasteiger partial charge in [-0.15, -0.1) is 0 Å². The van der Waals surface area contributed by atoms with Crippen LogP contribution in [0.3, 0.4) is 0 Å². The normalized spacial score (nSPS) is 14.1. The molecular weight excluding hydrogens is 174 g/mol. The molecule has 0 amide bonds. The van der Waals surface area contributed by atoms with Crippen molar-refractivity contribution < 1.29 is 4.74 Å². The first-order valence-corrected chi connectivity index (χ1v) is 5.19. The molecule has 2 heteroatoms. The maximum Gasteiger partial charge on any atom is 0.122 e. The molecule has 1 N–H and O–H groups in total. The quantitative estimate of drug-likeness (QED) is 0.788. The van der Waals surface area contributed by atoms with E-state index < -0.39 is 0 Å². The molecule has 2 nitrogen and oxygen atoms in total. The number of benzene rings is 1. The molecule has 1 aromatic rings. The first kappa shape index (κ1) is 9.53. The molecule has 0 bridgehead atoms. The molecule has 1 aliphatic rings. The van der Waals surface area contributed by atoms with Crippen LogP contribution in [0.4, 0.5) is 0 Å². The van der Waals surface area contributed by atoms with Gasteiger partial charge in [0.25, 0.3) is 0 Å². The molecule has 0 spiro atoms. The molecule has 0 atom stereocenters. The van der Waals surface area contributed by atoms with Crippen molar-refractivity contribution in [2.75, 3.05) is 14.2 Å². The first-order valence-electron chi connectivity index (χ1n) is 5.19. The molecule has 0 unspecified atom stereocenters. The Hall–Kier alpha value is -1.02. The van der Waals surface area contributed by atoms with E-state index >= 15 is 0 Å². The predicted molar refractivity (Wildman–Crippen MR) is 57.8 cm³/mol. The number of ether oxygens (including phenoxy) is 1. The molecule has 0 saturated carbocycles. The van der Waals surface area contributed by atoms with Crippen molar-refractivity contribution in [3.63, 3.8) is 0 Å². The van der Waals surface area contributed by atoms with Crippen molar-refractivity contribution in [1.29, 1.82) is 0 Å². The van der Waals surface area contributed by atoms with Crippen LogP contribution in [-0.2, 0) is 19.4 Å². The fourth-order valence-electron chi connectivity index (χ4n) is 2.29. The molecule has 0 aromatic heterocycles. The van der Waals surface area contributed by atoms with Gasteiger partial charge in [-0.3, -0.25) is 0 Å². The Morgan fingerprint density at radius 2 is 2.07 bits per heavy atom. The molecule has 1 aliphatic carbocycles. The zero-order chi connectivity index (χ0) is 9.97. The maximum absolute atomic E-state index is 5.37. The van der Waals surface area contributed by atoms with Crippen LogP contribution in [0, 0.1) is 0 Å². The number of hydrogen-bond acceptors (Lipinski definition) is 2. The summed E-state index contributed by atoms with van der Waals surface area (Å²) in [6.45, 7) is 0.965. The minimum Gasteiger partial charge on any atom is -0.496 e. The summed E-state index contributed by atoms with van der Waals surface area (Å²) in [6.07, 6.45) is 3.66. The first-order chi connectivity index (χ1) is 6.86. The van der Waals surface area contributed by atoms with E-state index in [1.807, 2.05) is 7.05 Å². The van der Waals surface area contributed by atoms with Gasteiger partial charge < -0.3 is 10.1 Å². The molecule has 2 rings (SSSR count). The van der Waals surface area contributed by atoms with Crippen LogP contribution < -0.4 is 10.1 Å². The Balaban J connectivity index is 2.42. The van der Waals surface area contributed by atoms with Crippen LogP contribution in [0.2, 0.25) is 0 Å². The van der Waals surface area contributed by atoms with Crippen LogP contribution in [0.25, 0.3) is 0 Å². The molecule has 0 fully saturated rings. The zero-order valence-electron chi connectivity index (χ0n) is 8.89. The van der Waals surface area contributed by atoms with Gasteiger partial charge in [0, 0.05) is 6.54 Å². The highest BCUT2D eigenvalue weighted by Crippen LogP contribution is 2.32. The van der Waals surface area contributed by atoms with Gasteiger partial charge in [-0.25, -0.2) is 0 Å². The lowest BCUT2D eigenvalue weighted by Crippen LogP contribution is -2.08.